The predicted molar refractivity (Wildman–Crippen MR) is 118 cm³/mol. The lowest BCUT2D eigenvalue weighted by molar-refractivity contribution is -0.132. The maximum absolute atomic E-state index is 12.7. The molecule has 0 bridgehead atoms. The molecule has 1 aliphatic rings. The number of carbonyl (C=O) groups is 2. The molecule has 0 unspecified atom stereocenters. The second-order valence-corrected chi connectivity index (χ2v) is 9.70. The van der Waals surface area contributed by atoms with Crippen molar-refractivity contribution in [3.63, 3.8) is 0 Å². The average Bonchev–Trinajstić information content (AvgIpc) is 3.24. The van der Waals surface area contributed by atoms with Gasteiger partial charge < -0.3 is 10.2 Å². The normalized spacial score (nSPS) is 14.8. The van der Waals surface area contributed by atoms with Gasteiger partial charge in [-0.3, -0.25) is 14.5 Å². The van der Waals surface area contributed by atoms with Gasteiger partial charge in [0.2, 0.25) is 21.8 Å². The monoisotopic (exact) mass is 458 g/mol. The van der Waals surface area contributed by atoms with Crippen molar-refractivity contribution in [1.82, 2.24) is 14.1 Å². The Kier molecular flexibility index (Phi) is 9.09. The standard InChI is InChI=1S/C20H31ClN4O4S/c1-4-24(5-2)20(27)15-23(3)13-10-19(26)22-18-14-16(8-9-17(18)21)30(28,29)25-11-6-7-12-25/h8-9,14H,4-7,10-13,15H2,1-3H3,(H,22,26). The number of rotatable bonds is 10. The van der Waals surface area contributed by atoms with Crippen LogP contribution < -0.4 is 5.32 Å². The van der Waals surface area contributed by atoms with Gasteiger partial charge in [0.25, 0.3) is 0 Å². The second kappa shape index (κ2) is 11.1. The molecule has 1 N–H and O–H groups in total. The van der Waals surface area contributed by atoms with Crippen molar-refractivity contribution >= 4 is 39.1 Å². The van der Waals surface area contributed by atoms with Gasteiger partial charge in [-0.1, -0.05) is 11.6 Å². The number of carbonyl (C=O) groups excluding carboxylic acids is 2. The van der Waals surface area contributed by atoms with E-state index < -0.39 is 10.0 Å². The Bertz CT molecular complexity index is 852. The number of amides is 2. The number of likely N-dealkylation sites (N-methyl/N-ethyl adjacent to an activating group) is 2. The van der Waals surface area contributed by atoms with Crippen molar-refractivity contribution in [2.75, 3.05) is 51.6 Å². The summed E-state index contributed by atoms with van der Waals surface area (Å²) < 4.78 is 26.9. The fourth-order valence-corrected chi connectivity index (χ4v) is 5.04. The number of hydrogen-bond donors (Lipinski definition) is 1. The molecule has 1 saturated heterocycles. The first-order valence-electron chi connectivity index (χ1n) is 10.2. The Balaban J connectivity index is 1.96. The first-order valence-corrected chi connectivity index (χ1v) is 12.1. The largest absolute Gasteiger partial charge is 0.342 e. The summed E-state index contributed by atoms with van der Waals surface area (Å²) in [7, 11) is -1.81. The van der Waals surface area contributed by atoms with Crippen LogP contribution in [0.5, 0.6) is 0 Å². The summed E-state index contributed by atoms with van der Waals surface area (Å²) in [6, 6.07) is 4.34. The van der Waals surface area contributed by atoms with Gasteiger partial charge in [0, 0.05) is 39.1 Å². The molecular weight excluding hydrogens is 428 g/mol. The second-order valence-electron chi connectivity index (χ2n) is 7.35. The minimum atomic E-state index is -3.59. The minimum Gasteiger partial charge on any atom is -0.342 e. The van der Waals surface area contributed by atoms with Gasteiger partial charge in [-0.15, -0.1) is 0 Å². The van der Waals surface area contributed by atoms with E-state index in [0.717, 1.165) is 12.8 Å². The number of nitrogens with one attached hydrogen (secondary N) is 1. The van der Waals surface area contributed by atoms with E-state index >= 15 is 0 Å². The quantitative estimate of drug-likeness (QED) is 0.580. The van der Waals surface area contributed by atoms with Crippen LogP contribution in [-0.2, 0) is 19.6 Å². The summed E-state index contributed by atoms with van der Waals surface area (Å²) >= 11 is 6.16. The molecule has 8 nitrogen and oxygen atoms in total. The van der Waals surface area contributed by atoms with Crippen molar-refractivity contribution in [2.24, 2.45) is 0 Å². The van der Waals surface area contributed by atoms with E-state index in [2.05, 4.69) is 5.32 Å². The zero-order valence-electron chi connectivity index (χ0n) is 17.9. The molecule has 0 radical (unpaired) electrons. The highest BCUT2D eigenvalue weighted by Gasteiger charge is 2.27. The third kappa shape index (κ3) is 6.41. The summed E-state index contributed by atoms with van der Waals surface area (Å²) in [5, 5.41) is 2.96. The first kappa shape index (κ1) is 24.6. The molecule has 1 aliphatic heterocycles. The van der Waals surface area contributed by atoms with Crippen LogP contribution in [0.3, 0.4) is 0 Å². The van der Waals surface area contributed by atoms with Crippen LogP contribution in [0.25, 0.3) is 0 Å². The van der Waals surface area contributed by atoms with Gasteiger partial charge in [0.05, 0.1) is 22.2 Å². The highest BCUT2D eigenvalue weighted by molar-refractivity contribution is 7.89. The molecule has 0 atom stereocenters. The molecule has 10 heteroatoms. The number of hydrogen-bond acceptors (Lipinski definition) is 5. The SMILES string of the molecule is CCN(CC)C(=O)CN(C)CCC(=O)Nc1cc(S(=O)(=O)N2CCCC2)ccc1Cl. The molecular formula is C20H31ClN4O4S. The van der Waals surface area contributed by atoms with E-state index in [1.807, 2.05) is 13.8 Å². The molecule has 1 heterocycles. The molecule has 1 fully saturated rings. The molecule has 2 rings (SSSR count). The maximum atomic E-state index is 12.7. The average molecular weight is 459 g/mol. The van der Waals surface area contributed by atoms with Crippen LogP contribution in [0.4, 0.5) is 5.69 Å². The van der Waals surface area contributed by atoms with Crippen LogP contribution in [0.2, 0.25) is 5.02 Å². The van der Waals surface area contributed by atoms with E-state index in [4.69, 9.17) is 11.6 Å². The first-order chi connectivity index (χ1) is 14.2. The summed E-state index contributed by atoms with van der Waals surface area (Å²) in [5.74, 6) is -0.277. The van der Waals surface area contributed by atoms with E-state index in [1.54, 1.807) is 16.8 Å². The van der Waals surface area contributed by atoms with E-state index in [-0.39, 0.29) is 40.4 Å². The smallest absolute Gasteiger partial charge is 0.243 e. The zero-order valence-corrected chi connectivity index (χ0v) is 19.4. The van der Waals surface area contributed by atoms with Crippen LogP contribution >= 0.6 is 11.6 Å². The Hall–Kier alpha value is -1.68. The molecule has 0 aliphatic carbocycles. The lowest BCUT2D eigenvalue weighted by Gasteiger charge is -2.23. The van der Waals surface area contributed by atoms with Gasteiger partial charge >= 0.3 is 0 Å². The van der Waals surface area contributed by atoms with E-state index in [9.17, 15) is 18.0 Å². The molecule has 0 spiro atoms. The summed E-state index contributed by atoms with van der Waals surface area (Å²) in [4.78, 5) is 28.2. The van der Waals surface area contributed by atoms with Crippen molar-refractivity contribution in [1.29, 1.82) is 0 Å². The fourth-order valence-electron chi connectivity index (χ4n) is 3.33. The van der Waals surface area contributed by atoms with Gasteiger partial charge in [-0.2, -0.15) is 4.31 Å². The summed E-state index contributed by atoms with van der Waals surface area (Å²) in [5.41, 5.74) is 0.267. The van der Waals surface area contributed by atoms with E-state index in [0.29, 0.717) is 32.7 Å². The lowest BCUT2D eigenvalue weighted by Crippen LogP contribution is -2.39. The molecule has 30 heavy (non-hydrogen) atoms. The zero-order chi connectivity index (χ0) is 22.3. The van der Waals surface area contributed by atoms with Crippen molar-refractivity contribution in [2.45, 2.75) is 38.0 Å². The maximum Gasteiger partial charge on any atom is 0.243 e. The third-order valence-electron chi connectivity index (χ3n) is 5.16. The van der Waals surface area contributed by atoms with E-state index in [1.165, 1.54) is 22.5 Å². The highest BCUT2D eigenvalue weighted by atomic mass is 35.5. The van der Waals surface area contributed by atoms with Gasteiger partial charge in [-0.05, 0) is 51.9 Å². The van der Waals surface area contributed by atoms with Crippen molar-refractivity contribution in [3.05, 3.63) is 23.2 Å². The number of halogens is 1. The minimum absolute atomic E-state index is 0.0192. The van der Waals surface area contributed by atoms with Crippen LogP contribution in [0.1, 0.15) is 33.1 Å². The molecule has 168 valence electrons. The molecule has 1 aromatic rings. The molecule has 0 aromatic heterocycles. The Morgan fingerprint density at radius 3 is 2.40 bits per heavy atom. The number of nitrogens with zero attached hydrogens (tertiary/aromatic N) is 3. The van der Waals surface area contributed by atoms with Crippen LogP contribution in [0, 0.1) is 0 Å². The van der Waals surface area contributed by atoms with Gasteiger partial charge in [0.15, 0.2) is 0 Å². The Morgan fingerprint density at radius 2 is 1.80 bits per heavy atom. The van der Waals surface area contributed by atoms with Crippen molar-refractivity contribution < 1.29 is 18.0 Å². The third-order valence-corrected chi connectivity index (χ3v) is 7.38. The fraction of sp³-hybridized carbons (Fsp3) is 0.600. The topological polar surface area (TPSA) is 90.0 Å². The predicted octanol–water partition coefficient (Wildman–Crippen LogP) is 2.25. The molecule has 0 saturated carbocycles. The number of benzene rings is 1. The Morgan fingerprint density at radius 1 is 1.17 bits per heavy atom. The molecule has 2 amide bonds. The van der Waals surface area contributed by atoms with Crippen molar-refractivity contribution in [3.8, 4) is 0 Å². The number of anilines is 1. The lowest BCUT2D eigenvalue weighted by atomic mass is 10.3. The number of sulfonamides is 1. The van der Waals surface area contributed by atoms with Crippen LogP contribution in [0.15, 0.2) is 23.1 Å². The Labute approximate surface area is 184 Å². The van der Waals surface area contributed by atoms with Crippen LogP contribution in [-0.4, -0.2) is 80.7 Å². The van der Waals surface area contributed by atoms with Gasteiger partial charge in [-0.25, -0.2) is 8.42 Å². The molecule has 1 aromatic carbocycles. The summed E-state index contributed by atoms with van der Waals surface area (Å²) in [6.07, 6.45) is 1.85. The van der Waals surface area contributed by atoms with Gasteiger partial charge in [0.1, 0.15) is 0 Å². The summed E-state index contributed by atoms with van der Waals surface area (Å²) in [6.45, 7) is 6.79. The highest BCUT2D eigenvalue weighted by Crippen LogP contribution is 2.28.